The van der Waals surface area contributed by atoms with Crippen molar-refractivity contribution in [3.05, 3.63) is 28.2 Å². The highest BCUT2D eigenvalue weighted by Crippen LogP contribution is 2.29. The van der Waals surface area contributed by atoms with Crippen LogP contribution >= 0.6 is 15.9 Å². The molecule has 0 aliphatic carbocycles. The van der Waals surface area contributed by atoms with Gasteiger partial charge in [-0.3, -0.25) is 0 Å². The molecule has 0 bridgehead atoms. The Morgan fingerprint density at radius 3 is 2.59 bits per heavy atom. The Bertz CT molecular complexity index is 403. The molecule has 1 rings (SSSR count). The molecule has 1 unspecified atom stereocenters. The van der Waals surface area contributed by atoms with Crippen LogP contribution in [0.3, 0.4) is 0 Å². The van der Waals surface area contributed by atoms with E-state index in [2.05, 4.69) is 20.7 Å². The topological polar surface area (TPSA) is 55.8 Å². The third-order valence-electron chi connectivity index (χ3n) is 2.26. The van der Waals surface area contributed by atoms with E-state index in [1.807, 2.05) is 0 Å². The number of carbonyl (C=O) groups is 1. The van der Waals surface area contributed by atoms with Crippen LogP contribution in [0, 0.1) is 0 Å². The maximum atomic E-state index is 11.3. The van der Waals surface area contributed by atoms with E-state index in [9.17, 15) is 9.90 Å². The largest absolute Gasteiger partial charge is 0.479 e. The van der Waals surface area contributed by atoms with Crippen molar-refractivity contribution < 1.29 is 19.4 Å². The fraction of sp³-hybridized carbons (Fsp3) is 0.417. The predicted molar refractivity (Wildman–Crippen MR) is 66.9 cm³/mol. The molecular weight excluding hydrogens is 288 g/mol. The highest BCUT2D eigenvalue weighted by molar-refractivity contribution is 9.10. The Hall–Kier alpha value is -1.07. The molecule has 0 amide bonds. The summed E-state index contributed by atoms with van der Waals surface area (Å²) < 4.78 is 10.9. The van der Waals surface area contributed by atoms with Gasteiger partial charge in [0.1, 0.15) is 5.75 Å². The molecule has 0 aliphatic rings. The van der Waals surface area contributed by atoms with Crippen LogP contribution in [0.4, 0.5) is 0 Å². The van der Waals surface area contributed by atoms with E-state index in [0.29, 0.717) is 11.3 Å². The summed E-state index contributed by atoms with van der Waals surface area (Å²) in [5.41, 5.74) is 0.629. The second kappa shape index (κ2) is 6.02. The Morgan fingerprint density at radius 1 is 1.41 bits per heavy atom. The fourth-order valence-corrected chi connectivity index (χ4v) is 1.70. The van der Waals surface area contributed by atoms with Crippen molar-refractivity contribution in [1.82, 2.24) is 0 Å². The van der Waals surface area contributed by atoms with Crippen molar-refractivity contribution in [2.45, 2.75) is 26.1 Å². The first-order chi connectivity index (χ1) is 7.95. The molecule has 1 aromatic carbocycles. The summed E-state index contributed by atoms with van der Waals surface area (Å²) in [6.45, 7) is 3.23. The van der Waals surface area contributed by atoms with Gasteiger partial charge in [0.2, 0.25) is 0 Å². The van der Waals surface area contributed by atoms with Gasteiger partial charge in [-0.1, -0.05) is 22.0 Å². The average Bonchev–Trinajstić information content (AvgIpc) is 2.27. The molecule has 0 aromatic heterocycles. The van der Waals surface area contributed by atoms with Crippen molar-refractivity contribution in [2.75, 3.05) is 7.11 Å². The third-order valence-corrected chi connectivity index (χ3v) is 2.76. The molecule has 0 spiro atoms. The molecule has 0 radical (unpaired) electrons. The monoisotopic (exact) mass is 302 g/mol. The van der Waals surface area contributed by atoms with Crippen LogP contribution in [0.15, 0.2) is 22.7 Å². The van der Waals surface area contributed by atoms with Gasteiger partial charge in [0.25, 0.3) is 0 Å². The number of aliphatic hydroxyl groups is 1. The molecule has 94 valence electrons. The number of ether oxygens (including phenoxy) is 2. The first kappa shape index (κ1) is 14.0. The molecule has 2 atom stereocenters. The summed E-state index contributed by atoms with van der Waals surface area (Å²) >= 11 is 3.31. The number of benzene rings is 1. The van der Waals surface area contributed by atoms with E-state index in [1.165, 1.54) is 7.11 Å². The summed E-state index contributed by atoms with van der Waals surface area (Å²) in [5, 5.41) is 9.59. The Labute approximate surface area is 109 Å². The smallest absolute Gasteiger partial charge is 0.346 e. The number of halogens is 1. The minimum absolute atomic E-state index is 0.457. The summed E-state index contributed by atoms with van der Waals surface area (Å²) in [5.74, 6) is 0.00814. The maximum absolute atomic E-state index is 11.3. The lowest BCUT2D eigenvalue weighted by Gasteiger charge is -2.17. The standard InChI is InChI=1S/C12H15BrO4/c1-7(14)10-5-4-9(13)6-11(10)17-8(2)12(15)16-3/h4-8,14H,1-3H3/t7-,8?/m1/s1. The lowest BCUT2D eigenvalue weighted by atomic mass is 10.1. The molecule has 1 aromatic rings. The van der Waals surface area contributed by atoms with Crippen molar-refractivity contribution >= 4 is 21.9 Å². The second-order valence-electron chi connectivity index (χ2n) is 3.64. The van der Waals surface area contributed by atoms with Crippen LogP contribution in [0.2, 0.25) is 0 Å². The van der Waals surface area contributed by atoms with Gasteiger partial charge in [-0.2, -0.15) is 0 Å². The molecule has 17 heavy (non-hydrogen) atoms. The zero-order chi connectivity index (χ0) is 13.0. The van der Waals surface area contributed by atoms with Gasteiger partial charge in [-0.15, -0.1) is 0 Å². The number of hydrogen-bond donors (Lipinski definition) is 1. The zero-order valence-electron chi connectivity index (χ0n) is 9.94. The quantitative estimate of drug-likeness (QED) is 0.868. The average molecular weight is 303 g/mol. The van der Waals surface area contributed by atoms with Crippen LogP contribution in [0.25, 0.3) is 0 Å². The lowest BCUT2D eigenvalue weighted by Crippen LogP contribution is -2.25. The number of carbonyl (C=O) groups excluding carboxylic acids is 1. The molecule has 1 N–H and O–H groups in total. The van der Waals surface area contributed by atoms with Crippen LogP contribution < -0.4 is 4.74 Å². The second-order valence-corrected chi connectivity index (χ2v) is 4.56. The number of methoxy groups -OCH3 is 1. The summed E-state index contributed by atoms with van der Waals surface area (Å²) in [4.78, 5) is 11.3. The lowest BCUT2D eigenvalue weighted by molar-refractivity contribution is -0.148. The van der Waals surface area contributed by atoms with Gasteiger partial charge in [0.15, 0.2) is 6.10 Å². The number of hydrogen-bond acceptors (Lipinski definition) is 4. The first-order valence-electron chi connectivity index (χ1n) is 5.17. The van der Waals surface area contributed by atoms with Crippen molar-refractivity contribution in [2.24, 2.45) is 0 Å². The van der Waals surface area contributed by atoms with Crippen molar-refractivity contribution in [3.63, 3.8) is 0 Å². The molecule has 0 saturated carbocycles. The zero-order valence-corrected chi connectivity index (χ0v) is 11.5. The van der Waals surface area contributed by atoms with Crippen LogP contribution in [-0.2, 0) is 9.53 Å². The van der Waals surface area contributed by atoms with E-state index in [0.717, 1.165) is 4.47 Å². The number of aliphatic hydroxyl groups excluding tert-OH is 1. The van der Waals surface area contributed by atoms with E-state index < -0.39 is 18.2 Å². The molecule has 0 fully saturated rings. The van der Waals surface area contributed by atoms with E-state index in [4.69, 9.17) is 4.74 Å². The van der Waals surface area contributed by atoms with Gasteiger partial charge >= 0.3 is 5.97 Å². The normalized spacial score (nSPS) is 13.9. The molecule has 0 aliphatic heterocycles. The van der Waals surface area contributed by atoms with Crippen LogP contribution in [0.1, 0.15) is 25.5 Å². The summed E-state index contributed by atoms with van der Waals surface area (Å²) in [7, 11) is 1.30. The molecule has 0 heterocycles. The predicted octanol–water partition coefficient (Wildman–Crippen LogP) is 2.44. The number of esters is 1. The van der Waals surface area contributed by atoms with Crippen molar-refractivity contribution in [3.8, 4) is 5.75 Å². The Kier molecular flexibility index (Phi) is 4.96. The van der Waals surface area contributed by atoms with E-state index >= 15 is 0 Å². The highest BCUT2D eigenvalue weighted by atomic mass is 79.9. The third kappa shape index (κ3) is 3.71. The van der Waals surface area contributed by atoms with E-state index in [1.54, 1.807) is 32.0 Å². The maximum Gasteiger partial charge on any atom is 0.346 e. The fourth-order valence-electron chi connectivity index (χ4n) is 1.36. The van der Waals surface area contributed by atoms with Gasteiger partial charge in [-0.25, -0.2) is 4.79 Å². The van der Waals surface area contributed by atoms with Gasteiger partial charge in [-0.05, 0) is 26.0 Å². The molecular formula is C12H15BrO4. The minimum Gasteiger partial charge on any atom is -0.479 e. The molecule has 5 heteroatoms. The minimum atomic E-state index is -0.716. The van der Waals surface area contributed by atoms with Crippen molar-refractivity contribution in [1.29, 1.82) is 0 Å². The summed E-state index contributed by atoms with van der Waals surface area (Å²) in [6, 6.07) is 5.26. The molecule has 4 nitrogen and oxygen atoms in total. The van der Waals surface area contributed by atoms with Gasteiger partial charge in [0.05, 0.1) is 13.2 Å². The van der Waals surface area contributed by atoms with Crippen LogP contribution in [0.5, 0.6) is 5.75 Å². The molecule has 0 saturated heterocycles. The summed E-state index contributed by atoms with van der Waals surface area (Å²) in [6.07, 6.45) is -1.38. The Balaban J connectivity index is 2.96. The van der Waals surface area contributed by atoms with E-state index in [-0.39, 0.29) is 0 Å². The van der Waals surface area contributed by atoms with Gasteiger partial charge in [0, 0.05) is 10.0 Å². The SMILES string of the molecule is COC(=O)C(C)Oc1cc(Br)ccc1[C@@H](C)O. The first-order valence-corrected chi connectivity index (χ1v) is 5.97. The highest BCUT2D eigenvalue weighted by Gasteiger charge is 2.18. The number of rotatable bonds is 4. The van der Waals surface area contributed by atoms with Gasteiger partial charge < -0.3 is 14.6 Å². The Morgan fingerprint density at radius 2 is 2.06 bits per heavy atom. The van der Waals surface area contributed by atoms with Crippen LogP contribution in [-0.4, -0.2) is 24.3 Å².